The van der Waals surface area contributed by atoms with Gasteiger partial charge < -0.3 is 5.11 Å². The summed E-state index contributed by atoms with van der Waals surface area (Å²) in [4.78, 5) is 0. The van der Waals surface area contributed by atoms with Gasteiger partial charge in [0, 0.05) is 6.42 Å². The molecule has 0 radical (unpaired) electrons. The van der Waals surface area contributed by atoms with Crippen LogP contribution in [-0.2, 0) is 12.0 Å². The predicted octanol–water partition coefficient (Wildman–Crippen LogP) is 4.66. The van der Waals surface area contributed by atoms with Gasteiger partial charge in [0.25, 0.3) is 0 Å². The van der Waals surface area contributed by atoms with Gasteiger partial charge in [-0.25, -0.2) is 4.39 Å². The van der Waals surface area contributed by atoms with Crippen LogP contribution in [0.25, 0.3) is 0 Å². The highest BCUT2D eigenvalue weighted by molar-refractivity contribution is 9.10. The maximum Gasteiger partial charge on any atom is 0.137 e. The zero-order valence-corrected chi connectivity index (χ0v) is 13.5. The third kappa shape index (κ3) is 3.47. The van der Waals surface area contributed by atoms with Crippen molar-refractivity contribution in [2.75, 3.05) is 0 Å². The van der Waals surface area contributed by atoms with Crippen LogP contribution >= 0.6 is 15.9 Å². The molecular formula is C17H18BrFO. The molecule has 0 aliphatic carbocycles. The van der Waals surface area contributed by atoms with Crippen molar-refractivity contribution in [1.82, 2.24) is 0 Å². The maximum absolute atomic E-state index is 13.3. The smallest absolute Gasteiger partial charge is 0.137 e. The average Bonchev–Trinajstić information content (AvgIpc) is 2.32. The van der Waals surface area contributed by atoms with Crippen molar-refractivity contribution in [2.45, 2.75) is 32.8 Å². The maximum atomic E-state index is 13.3. The van der Waals surface area contributed by atoms with E-state index in [4.69, 9.17) is 0 Å². The van der Waals surface area contributed by atoms with E-state index in [9.17, 15) is 9.50 Å². The Morgan fingerprint density at radius 2 is 1.70 bits per heavy atom. The monoisotopic (exact) mass is 336 g/mol. The molecule has 0 saturated carbocycles. The van der Waals surface area contributed by atoms with Gasteiger partial charge in [0.1, 0.15) is 5.82 Å². The number of aliphatic hydroxyl groups is 1. The van der Waals surface area contributed by atoms with Crippen molar-refractivity contribution < 1.29 is 9.50 Å². The predicted molar refractivity (Wildman–Crippen MR) is 83.3 cm³/mol. The summed E-state index contributed by atoms with van der Waals surface area (Å²) in [7, 11) is 0. The lowest BCUT2D eigenvalue weighted by molar-refractivity contribution is 0.0575. The number of hydrogen-bond acceptors (Lipinski definition) is 1. The fourth-order valence-electron chi connectivity index (χ4n) is 2.43. The highest BCUT2D eigenvalue weighted by Gasteiger charge is 2.24. The highest BCUT2D eigenvalue weighted by atomic mass is 79.9. The van der Waals surface area contributed by atoms with E-state index in [0.717, 1.165) is 22.3 Å². The number of hydrogen-bond donors (Lipinski definition) is 1. The summed E-state index contributed by atoms with van der Waals surface area (Å²) in [5.74, 6) is -0.292. The van der Waals surface area contributed by atoms with Crippen molar-refractivity contribution in [3.63, 3.8) is 0 Å². The van der Waals surface area contributed by atoms with Gasteiger partial charge in [-0.3, -0.25) is 0 Å². The molecule has 0 aliphatic heterocycles. The van der Waals surface area contributed by atoms with Gasteiger partial charge >= 0.3 is 0 Å². The molecule has 0 aromatic heterocycles. The van der Waals surface area contributed by atoms with Gasteiger partial charge in [0.2, 0.25) is 0 Å². The first-order valence-corrected chi connectivity index (χ1v) is 7.32. The molecule has 3 heteroatoms. The Morgan fingerprint density at radius 1 is 1.10 bits per heavy atom. The zero-order chi connectivity index (χ0) is 14.9. The minimum Gasteiger partial charge on any atom is -0.385 e. The third-order valence-electron chi connectivity index (χ3n) is 3.38. The van der Waals surface area contributed by atoms with Gasteiger partial charge in [0.05, 0.1) is 10.1 Å². The Morgan fingerprint density at radius 3 is 2.25 bits per heavy atom. The van der Waals surface area contributed by atoms with Crippen LogP contribution in [0.1, 0.15) is 29.2 Å². The number of rotatable bonds is 3. The molecule has 2 rings (SSSR count). The molecule has 2 aromatic carbocycles. The molecule has 0 saturated heterocycles. The summed E-state index contributed by atoms with van der Waals surface area (Å²) in [6.45, 7) is 5.82. The second kappa shape index (κ2) is 5.66. The number of halogens is 2. The summed E-state index contributed by atoms with van der Waals surface area (Å²) in [6, 6.07) is 10.9. The summed E-state index contributed by atoms with van der Waals surface area (Å²) >= 11 is 3.18. The van der Waals surface area contributed by atoms with Gasteiger partial charge in [-0.05, 0) is 60.0 Å². The first-order chi connectivity index (χ1) is 9.28. The van der Waals surface area contributed by atoms with Gasteiger partial charge in [-0.2, -0.15) is 0 Å². The summed E-state index contributed by atoms with van der Waals surface area (Å²) < 4.78 is 13.7. The molecule has 0 heterocycles. The third-order valence-corrected chi connectivity index (χ3v) is 3.98. The van der Waals surface area contributed by atoms with Crippen LogP contribution in [0.3, 0.4) is 0 Å². The molecule has 1 N–H and O–H groups in total. The molecule has 20 heavy (non-hydrogen) atoms. The molecule has 0 aliphatic rings. The largest absolute Gasteiger partial charge is 0.385 e. The first-order valence-electron chi connectivity index (χ1n) is 6.53. The lowest BCUT2D eigenvalue weighted by atomic mass is 9.87. The number of benzene rings is 2. The van der Waals surface area contributed by atoms with Crippen molar-refractivity contribution in [2.24, 2.45) is 0 Å². The Bertz CT molecular complexity index is 615. The molecule has 0 bridgehead atoms. The molecule has 1 nitrogen and oxygen atoms in total. The van der Waals surface area contributed by atoms with Crippen LogP contribution in [0.4, 0.5) is 4.39 Å². The Labute approximate surface area is 127 Å². The van der Waals surface area contributed by atoms with E-state index in [-0.39, 0.29) is 5.82 Å². The SMILES string of the molecule is Cc1cc(C)cc(C(C)(O)Cc2ccc(F)c(Br)c2)c1. The van der Waals surface area contributed by atoms with Crippen LogP contribution in [-0.4, -0.2) is 5.11 Å². The molecule has 1 unspecified atom stereocenters. The topological polar surface area (TPSA) is 20.2 Å². The van der Waals surface area contributed by atoms with Crippen LogP contribution in [0.2, 0.25) is 0 Å². The van der Waals surface area contributed by atoms with Crippen molar-refractivity contribution in [1.29, 1.82) is 0 Å². The van der Waals surface area contributed by atoms with E-state index < -0.39 is 5.60 Å². The van der Waals surface area contributed by atoms with Crippen LogP contribution in [0.5, 0.6) is 0 Å². The van der Waals surface area contributed by atoms with Gasteiger partial charge in [-0.15, -0.1) is 0 Å². The minimum atomic E-state index is -0.978. The average molecular weight is 337 g/mol. The number of aryl methyl sites for hydroxylation is 2. The van der Waals surface area contributed by atoms with Crippen molar-refractivity contribution in [3.8, 4) is 0 Å². The molecule has 1 atom stereocenters. The molecule has 0 spiro atoms. The summed E-state index contributed by atoms with van der Waals surface area (Å²) in [5.41, 5.74) is 3.05. The van der Waals surface area contributed by atoms with E-state index in [0.29, 0.717) is 10.9 Å². The quantitative estimate of drug-likeness (QED) is 0.864. The van der Waals surface area contributed by atoms with Crippen molar-refractivity contribution >= 4 is 15.9 Å². The van der Waals surface area contributed by atoms with Crippen LogP contribution < -0.4 is 0 Å². The van der Waals surface area contributed by atoms with Gasteiger partial charge in [0.15, 0.2) is 0 Å². The first kappa shape index (κ1) is 15.2. The van der Waals surface area contributed by atoms with E-state index in [1.165, 1.54) is 6.07 Å². The van der Waals surface area contributed by atoms with E-state index >= 15 is 0 Å². The highest BCUT2D eigenvalue weighted by Crippen LogP contribution is 2.28. The minimum absolute atomic E-state index is 0.292. The summed E-state index contributed by atoms with van der Waals surface area (Å²) in [5, 5.41) is 10.7. The zero-order valence-electron chi connectivity index (χ0n) is 11.9. The Kier molecular flexibility index (Phi) is 4.31. The fraction of sp³-hybridized carbons (Fsp3) is 0.294. The second-order valence-corrected chi connectivity index (χ2v) is 6.43. The molecule has 2 aromatic rings. The molecule has 106 valence electrons. The Hall–Kier alpha value is -1.19. The summed E-state index contributed by atoms with van der Waals surface area (Å²) in [6.07, 6.45) is 0.439. The van der Waals surface area contributed by atoms with Crippen molar-refractivity contribution in [3.05, 3.63) is 68.9 Å². The Balaban J connectivity index is 2.32. The van der Waals surface area contributed by atoms with E-state index in [2.05, 4.69) is 22.0 Å². The molecular weight excluding hydrogens is 319 g/mol. The van der Waals surface area contributed by atoms with Crippen LogP contribution in [0, 0.1) is 19.7 Å². The standard InChI is InChI=1S/C17H18BrFO/c1-11-6-12(2)8-14(7-11)17(3,20)10-13-4-5-16(19)15(18)9-13/h4-9,20H,10H2,1-3H3. The molecule has 0 amide bonds. The lowest BCUT2D eigenvalue weighted by Gasteiger charge is -2.25. The van der Waals surface area contributed by atoms with E-state index in [1.54, 1.807) is 19.1 Å². The second-order valence-electron chi connectivity index (χ2n) is 5.58. The van der Waals surface area contributed by atoms with Gasteiger partial charge in [-0.1, -0.05) is 35.4 Å². The van der Waals surface area contributed by atoms with Crippen LogP contribution in [0.15, 0.2) is 40.9 Å². The fourth-order valence-corrected chi connectivity index (χ4v) is 2.86. The van der Waals surface area contributed by atoms with E-state index in [1.807, 2.05) is 26.0 Å². The lowest BCUT2D eigenvalue weighted by Crippen LogP contribution is -2.24. The molecule has 0 fully saturated rings. The normalized spacial score (nSPS) is 14.1.